The SMILES string of the molecule is CC(N)CCC(=O)N(C)c1cc(Br)cs1. The van der Waals surface area contributed by atoms with Gasteiger partial charge in [0.25, 0.3) is 0 Å². The van der Waals surface area contributed by atoms with Gasteiger partial charge in [0.1, 0.15) is 0 Å². The van der Waals surface area contributed by atoms with Crippen LogP contribution in [0.1, 0.15) is 19.8 Å². The summed E-state index contributed by atoms with van der Waals surface area (Å²) >= 11 is 4.91. The molecule has 3 nitrogen and oxygen atoms in total. The third-order valence-electron chi connectivity index (χ3n) is 2.07. The van der Waals surface area contributed by atoms with E-state index in [0.717, 1.165) is 15.9 Å². The predicted molar refractivity (Wildman–Crippen MR) is 68.3 cm³/mol. The van der Waals surface area contributed by atoms with Crippen molar-refractivity contribution in [2.75, 3.05) is 11.9 Å². The molecule has 1 atom stereocenters. The summed E-state index contributed by atoms with van der Waals surface area (Å²) < 4.78 is 1.01. The van der Waals surface area contributed by atoms with Crippen LogP contribution in [0, 0.1) is 0 Å². The summed E-state index contributed by atoms with van der Waals surface area (Å²) in [4.78, 5) is 13.4. The van der Waals surface area contributed by atoms with Crippen molar-refractivity contribution >= 4 is 38.2 Å². The van der Waals surface area contributed by atoms with Crippen molar-refractivity contribution in [1.82, 2.24) is 0 Å². The molecule has 1 aromatic rings. The Labute approximate surface area is 102 Å². The van der Waals surface area contributed by atoms with Gasteiger partial charge in [-0.25, -0.2) is 0 Å². The van der Waals surface area contributed by atoms with Gasteiger partial charge in [-0.1, -0.05) is 0 Å². The van der Waals surface area contributed by atoms with E-state index in [1.165, 1.54) is 0 Å². The topological polar surface area (TPSA) is 46.3 Å². The second kappa shape index (κ2) is 5.63. The highest BCUT2D eigenvalue weighted by Gasteiger charge is 2.12. The zero-order valence-electron chi connectivity index (χ0n) is 8.87. The number of carbonyl (C=O) groups excluding carboxylic acids is 1. The minimum absolute atomic E-state index is 0.0809. The van der Waals surface area contributed by atoms with Crippen molar-refractivity contribution in [3.8, 4) is 0 Å². The number of hydrogen-bond donors (Lipinski definition) is 1. The van der Waals surface area contributed by atoms with Gasteiger partial charge < -0.3 is 10.6 Å². The van der Waals surface area contributed by atoms with E-state index in [-0.39, 0.29) is 11.9 Å². The molecular weight excluding hydrogens is 276 g/mol. The van der Waals surface area contributed by atoms with Crippen LogP contribution in [0.15, 0.2) is 15.9 Å². The molecule has 0 bridgehead atoms. The van der Waals surface area contributed by atoms with E-state index < -0.39 is 0 Å². The largest absolute Gasteiger partial charge is 0.328 e. The number of rotatable bonds is 4. The number of carbonyl (C=O) groups is 1. The van der Waals surface area contributed by atoms with E-state index >= 15 is 0 Å². The Morgan fingerprint density at radius 3 is 2.87 bits per heavy atom. The first-order valence-corrected chi connectivity index (χ1v) is 6.44. The van der Waals surface area contributed by atoms with Crippen molar-refractivity contribution in [3.05, 3.63) is 15.9 Å². The summed E-state index contributed by atoms with van der Waals surface area (Å²) in [5.41, 5.74) is 5.61. The van der Waals surface area contributed by atoms with Gasteiger partial charge in [-0.3, -0.25) is 4.79 Å². The van der Waals surface area contributed by atoms with Crippen LogP contribution in [-0.4, -0.2) is 19.0 Å². The Hall–Kier alpha value is -0.390. The lowest BCUT2D eigenvalue weighted by atomic mass is 10.2. The molecule has 0 saturated carbocycles. The van der Waals surface area contributed by atoms with E-state index in [1.54, 1.807) is 23.3 Å². The van der Waals surface area contributed by atoms with E-state index in [4.69, 9.17) is 5.73 Å². The first kappa shape index (κ1) is 12.7. The normalized spacial score (nSPS) is 12.5. The minimum Gasteiger partial charge on any atom is -0.328 e. The summed E-state index contributed by atoms with van der Waals surface area (Å²) in [7, 11) is 1.79. The number of hydrogen-bond acceptors (Lipinski definition) is 3. The van der Waals surface area contributed by atoms with Gasteiger partial charge in [0.15, 0.2) is 0 Å². The first-order chi connectivity index (χ1) is 7.00. The monoisotopic (exact) mass is 290 g/mol. The average Bonchev–Trinajstić information content (AvgIpc) is 2.60. The quantitative estimate of drug-likeness (QED) is 0.927. The van der Waals surface area contributed by atoms with Crippen LogP contribution in [0.4, 0.5) is 5.00 Å². The Kier molecular flexibility index (Phi) is 4.76. The van der Waals surface area contributed by atoms with Gasteiger partial charge in [-0.05, 0) is 35.3 Å². The van der Waals surface area contributed by atoms with Gasteiger partial charge >= 0.3 is 0 Å². The highest BCUT2D eigenvalue weighted by atomic mass is 79.9. The van der Waals surface area contributed by atoms with Crippen LogP contribution in [0.2, 0.25) is 0 Å². The van der Waals surface area contributed by atoms with Crippen molar-refractivity contribution in [1.29, 1.82) is 0 Å². The van der Waals surface area contributed by atoms with E-state index in [9.17, 15) is 4.79 Å². The molecule has 0 aliphatic heterocycles. The molecule has 5 heteroatoms. The molecule has 1 amide bonds. The summed E-state index contributed by atoms with van der Waals surface area (Å²) in [5, 5.41) is 2.92. The van der Waals surface area contributed by atoms with Crippen molar-refractivity contribution < 1.29 is 4.79 Å². The number of thiophene rings is 1. The van der Waals surface area contributed by atoms with Gasteiger partial charge in [0.05, 0.1) is 5.00 Å². The van der Waals surface area contributed by atoms with Crippen LogP contribution < -0.4 is 10.6 Å². The molecule has 0 saturated heterocycles. The summed E-state index contributed by atoms with van der Waals surface area (Å²) in [6.07, 6.45) is 1.24. The van der Waals surface area contributed by atoms with E-state index in [2.05, 4.69) is 15.9 Å². The second-order valence-electron chi connectivity index (χ2n) is 3.57. The van der Waals surface area contributed by atoms with Crippen LogP contribution in [0.25, 0.3) is 0 Å². The maximum absolute atomic E-state index is 11.7. The molecule has 1 unspecified atom stereocenters. The Bertz CT molecular complexity index is 338. The van der Waals surface area contributed by atoms with Crippen LogP contribution in [0.3, 0.4) is 0 Å². The molecule has 0 aromatic carbocycles. The van der Waals surface area contributed by atoms with Crippen molar-refractivity contribution in [2.45, 2.75) is 25.8 Å². The number of anilines is 1. The predicted octanol–water partition coefficient (Wildman–Crippen LogP) is 2.60. The molecular formula is C10H15BrN2OS. The number of nitrogens with two attached hydrogens (primary N) is 1. The number of nitrogens with zero attached hydrogens (tertiary/aromatic N) is 1. The lowest BCUT2D eigenvalue weighted by Crippen LogP contribution is -2.27. The second-order valence-corrected chi connectivity index (χ2v) is 5.38. The van der Waals surface area contributed by atoms with Gasteiger partial charge in [-0.2, -0.15) is 0 Å². The van der Waals surface area contributed by atoms with E-state index in [1.807, 2.05) is 18.4 Å². The molecule has 2 N–H and O–H groups in total. The maximum atomic E-state index is 11.7. The van der Waals surface area contributed by atoms with Crippen molar-refractivity contribution in [2.24, 2.45) is 5.73 Å². The fraction of sp³-hybridized carbons (Fsp3) is 0.500. The zero-order valence-corrected chi connectivity index (χ0v) is 11.3. The molecule has 1 rings (SSSR count). The third-order valence-corrected chi connectivity index (χ3v) is 3.84. The minimum atomic E-state index is 0.0809. The standard InChI is InChI=1S/C10H15BrN2OS/c1-7(12)3-4-9(14)13(2)10-5-8(11)6-15-10/h5-7H,3-4,12H2,1-2H3. The summed E-state index contributed by atoms with van der Waals surface area (Å²) in [6, 6.07) is 2.02. The average molecular weight is 291 g/mol. The van der Waals surface area contributed by atoms with Gasteiger partial charge in [0, 0.05) is 29.4 Å². The molecule has 1 heterocycles. The number of amides is 1. The smallest absolute Gasteiger partial charge is 0.227 e. The van der Waals surface area contributed by atoms with Crippen LogP contribution in [-0.2, 0) is 4.79 Å². The van der Waals surface area contributed by atoms with Gasteiger partial charge in [0.2, 0.25) is 5.91 Å². The number of halogens is 1. The summed E-state index contributed by atoms with van der Waals surface area (Å²) in [6.45, 7) is 1.91. The van der Waals surface area contributed by atoms with E-state index in [0.29, 0.717) is 6.42 Å². The molecule has 15 heavy (non-hydrogen) atoms. The Balaban J connectivity index is 2.53. The van der Waals surface area contributed by atoms with Gasteiger partial charge in [-0.15, -0.1) is 11.3 Å². The highest BCUT2D eigenvalue weighted by Crippen LogP contribution is 2.27. The molecule has 0 spiro atoms. The van der Waals surface area contributed by atoms with Crippen molar-refractivity contribution in [3.63, 3.8) is 0 Å². The fourth-order valence-electron chi connectivity index (χ4n) is 1.12. The lowest BCUT2D eigenvalue weighted by Gasteiger charge is -2.15. The fourth-order valence-corrected chi connectivity index (χ4v) is 2.53. The Morgan fingerprint density at radius 1 is 1.73 bits per heavy atom. The highest BCUT2D eigenvalue weighted by molar-refractivity contribution is 9.10. The first-order valence-electron chi connectivity index (χ1n) is 4.77. The third kappa shape index (κ3) is 3.93. The molecule has 0 fully saturated rings. The molecule has 84 valence electrons. The maximum Gasteiger partial charge on any atom is 0.227 e. The lowest BCUT2D eigenvalue weighted by molar-refractivity contribution is -0.118. The molecule has 0 aliphatic carbocycles. The Morgan fingerprint density at radius 2 is 2.40 bits per heavy atom. The van der Waals surface area contributed by atoms with Crippen LogP contribution in [0.5, 0.6) is 0 Å². The zero-order chi connectivity index (χ0) is 11.4. The molecule has 0 aliphatic rings. The summed E-state index contributed by atoms with van der Waals surface area (Å²) in [5.74, 6) is 0.113. The molecule has 0 radical (unpaired) electrons. The molecule has 1 aromatic heterocycles. The van der Waals surface area contributed by atoms with Crippen LogP contribution >= 0.6 is 27.3 Å².